The molecule has 3 rings (SSSR count). The van der Waals surface area contributed by atoms with Gasteiger partial charge in [0, 0.05) is 17.0 Å². The maximum absolute atomic E-state index is 12.2. The summed E-state index contributed by atoms with van der Waals surface area (Å²) in [4.78, 5) is 24.0. The Balaban J connectivity index is 1.83. The van der Waals surface area contributed by atoms with Gasteiger partial charge in [0.15, 0.2) is 0 Å². The van der Waals surface area contributed by atoms with Crippen molar-refractivity contribution in [1.29, 1.82) is 0 Å². The van der Waals surface area contributed by atoms with Crippen molar-refractivity contribution >= 4 is 34.3 Å². The Morgan fingerprint density at radius 1 is 1.07 bits per heavy atom. The number of nitrogens with one attached hydrogen (secondary N) is 1. The van der Waals surface area contributed by atoms with Gasteiger partial charge in [0.1, 0.15) is 10.6 Å². The van der Waals surface area contributed by atoms with Crippen LogP contribution in [-0.2, 0) is 11.2 Å². The highest BCUT2D eigenvalue weighted by atomic mass is 32.1. The van der Waals surface area contributed by atoms with Crippen LogP contribution in [0.25, 0.3) is 17.2 Å². The molecule has 27 heavy (non-hydrogen) atoms. The number of rotatable bonds is 6. The monoisotopic (exact) mass is 377 g/mol. The highest BCUT2D eigenvalue weighted by molar-refractivity contribution is 7.15. The van der Waals surface area contributed by atoms with Gasteiger partial charge in [-0.3, -0.25) is 4.79 Å². The summed E-state index contributed by atoms with van der Waals surface area (Å²) in [6.45, 7) is 2.07. The molecule has 1 amide bonds. The van der Waals surface area contributed by atoms with Crippen LogP contribution >= 0.6 is 11.3 Å². The second-order valence-corrected chi connectivity index (χ2v) is 6.82. The van der Waals surface area contributed by atoms with Crippen LogP contribution in [0.1, 0.15) is 28.4 Å². The second-order valence-electron chi connectivity index (χ2n) is 5.94. The van der Waals surface area contributed by atoms with Crippen molar-refractivity contribution in [3.05, 3.63) is 82.7 Å². The quantitative estimate of drug-likeness (QED) is 0.571. The number of amides is 1. The Morgan fingerprint density at radius 3 is 2.41 bits per heavy atom. The molecular formula is C22H19NO3S. The molecule has 0 aliphatic heterocycles. The zero-order chi connectivity index (χ0) is 19.2. The third-order valence-corrected chi connectivity index (χ3v) is 5.04. The first-order valence-electron chi connectivity index (χ1n) is 8.56. The fraction of sp³-hybridized carbons (Fsp3) is 0.0909. The van der Waals surface area contributed by atoms with Crippen molar-refractivity contribution in [2.24, 2.45) is 0 Å². The molecule has 0 saturated carbocycles. The number of aryl methyl sites for hydroxylation is 1. The highest BCUT2D eigenvalue weighted by Crippen LogP contribution is 2.35. The van der Waals surface area contributed by atoms with E-state index in [2.05, 4.69) is 12.2 Å². The van der Waals surface area contributed by atoms with E-state index in [0.717, 1.165) is 17.5 Å². The van der Waals surface area contributed by atoms with Crippen LogP contribution in [0, 0.1) is 0 Å². The average Bonchev–Trinajstić information content (AvgIpc) is 3.11. The molecule has 1 heterocycles. The lowest BCUT2D eigenvalue weighted by atomic mass is 10.0. The molecule has 3 aromatic rings. The van der Waals surface area contributed by atoms with Crippen molar-refractivity contribution in [3.8, 4) is 11.1 Å². The van der Waals surface area contributed by atoms with E-state index < -0.39 is 5.97 Å². The van der Waals surface area contributed by atoms with Crippen molar-refractivity contribution in [1.82, 2.24) is 0 Å². The Bertz CT molecular complexity index is 973. The molecule has 0 aliphatic carbocycles. The maximum atomic E-state index is 12.2. The van der Waals surface area contributed by atoms with Gasteiger partial charge < -0.3 is 10.4 Å². The first-order valence-corrected chi connectivity index (χ1v) is 9.44. The van der Waals surface area contributed by atoms with E-state index in [0.29, 0.717) is 10.6 Å². The molecule has 4 nitrogen and oxygen atoms in total. The normalized spacial score (nSPS) is 10.9. The Hall–Kier alpha value is -3.18. The van der Waals surface area contributed by atoms with Gasteiger partial charge in [0.25, 0.3) is 0 Å². The molecule has 2 aromatic carbocycles. The summed E-state index contributed by atoms with van der Waals surface area (Å²) >= 11 is 1.21. The van der Waals surface area contributed by atoms with E-state index in [1.807, 2.05) is 54.6 Å². The smallest absolute Gasteiger partial charge is 0.339 e. The molecule has 0 radical (unpaired) electrons. The molecule has 0 bridgehead atoms. The highest BCUT2D eigenvalue weighted by Gasteiger charge is 2.20. The standard InChI is InChI=1S/C22H19NO3S/c1-2-15-8-11-17(12-9-15)18-14-27-21(20(18)22(25)26)23-19(24)13-10-16-6-4-3-5-7-16/h3-14H,2H2,1H3,(H,23,24)(H,25,26)/b13-10+. The summed E-state index contributed by atoms with van der Waals surface area (Å²) in [7, 11) is 0. The third-order valence-electron chi connectivity index (χ3n) is 4.14. The van der Waals surface area contributed by atoms with Crippen LogP contribution < -0.4 is 5.32 Å². The third kappa shape index (κ3) is 4.51. The van der Waals surface area contributed by atoms with Gasteiger partial charge in [-0.15, -0.1) is 11.3 Å². The number of benzene rings is 2. The molecule has 0 atom stereocenters. The van der Waals surface area contributed by atoms with Crippen molar-refractivity contribution in [2.45, 2.75) is 13.3 Å². The number of carboxylic acid groups (broad SMARTS) is 1. The summed E-state index contributed by atoms with van der Waals surface area (Å²) in [6.07, 6.45) is 4.01. The molecule has 136 valence electrons. The fourth-order valence-corrected chi connectivity index (χ4v) is 3.65. The number of hydrogen-bond acceptors (Lipinski definition) is 3. The largest absolute Gasteiger partial charge is 0.478 e. The zero-order valence-corrected chi connectivity index (χ0v) is 15.6. The molecule has 1 aromatic heterocycles. The van der Waals surface area contributed by atoms with Gasteiger partial charge in [-0.25, -0.2) is 4.79 Å². The molecule has 0 unspecified atom stereocenters. The van der Waals surface area contributed by atoms with E-state index in [1.54, 1.807) is 11.5 Å². The van der Waals surface area contributed by atoms with Crippen molar-refractivity contribution in [3.63, 3.8) is 0 Å². The Labute approximate surface area is 161 Å². The van der Waals surface area contributed by atoms with Crippen LogP contribution in [0.3, 0.4) is 0 Å². The lowest BCUT2D eigenvalue weighted by Crippen LogP contribution is -2.10. The second kappa shape index (κ2) is 8.47. The van der Waals surface area contributed by atoms with Crippen LogP contribution in [0.5, 0.6) is 0 Å². The molecule has 0 spiro atoms. The lowest BCUT2D eigenvalue weighted by molar-refractivity contribution is -0.111. The SMILES string of the molecule is CCc1ccc(-c2csc(NC(=O)/C=C/c3ccccc3)c2C(=O)O)cc1. The van der Waals surface area contributed by atoms with E-state index >= 15 is 0 Å². The van der Waals surface area contributed by atoms with Crippen molar-refractivity contribution < 1.29 is 14.7 Å². The molecular weight excluding hydrogens is 358 g/mol. The Morgan fingerprint density at radius 2 is 1.78 bits per heavy atom. The van der Waals surface area contributed by atoms with E-state index in [9.17, 15) is 14.7 Å². The minimum atomic E-state index is -1.06. The summed E-state index contributed by atoms with van der Waals surface area (Å²) < 4.78 is 0. The first kappa shape index (κ1) is 18.6. The summed E-state index contributed by atoms with van der Waals surface area (Å²) in [5, 5.41) is 14.4. The predicted molar refractivity (Wildman–Crippen MR) is 110 cm³/mol. The molecule has 2 N–H and O–H groups in total. The topological polar surface area (TPSA) is 66.4 Å². The minimum Gasteiger partial charge on any atom is -0.478 e. The van der Waals surface area contributed by atoms with Crippen LogP contribution in [0.4, 0.5) is 5.00 Å². The number of carboxylic acids is 1. The fourth-order valence-electron chi connectivity index (χ4n) is 2.68. The average molecular weight is 377 g/mol. The predicted octanol–water partition coefficient (Wildman–Crippen LogP) is 5.33. The van der Waals surface area contributed by atoms with E-state index in [1.165, 1.54) is 23.0 Å². The van der Waals surface area contributed by atoms with Gasteiger partial charge in [0.05, 0.1) is 0 Å². The minimum absolute atomic E-state index is 0.116. The number of anilines is 1. The van der Waals surface area contributed by atoms with E-state index in [4.69, 9.17) is 0 Å². The maximum Gasteiger partial charge on any atom is 0.339 e. The van der Waals surface area contributed by atoms with Crippen LogP contribution in [0.15, 0.2) is 66.1 Å². The molecule has 0 fully saturated rings. The van der Waals surface area contributed by atoms with Gasteiger partial charge in [-0.2, -0.15) is 0 Å². The van der Waals surface area contributed by atoms with Crippen LogP contribution in [-0.4, -0.2) is 17.0 Å². The van der Waals surface area contributed by atoms with Crippen LogP contribution in [0.2, 0.25) is 0 Å². The van der Waals surface area contributed by atoms with Crippen molar-refractivity contribution in [2.75, 3.05) is 5.32 Å². The molecule has 0 saturated heterocycles. The number of carbonyl (C=O) groups excluding carboxylic acids is 1. The van der Waals surface area contributed by atoms with E-state index in [-0.39, 0.29) is 11.5 Å². The number of carbonyl (C=O) groups is 2. The molecule has 5 heteroatoms. The van der Waals surface area contributed by atoms with Gasteiger partial charge in [0.2, 0.25) is 5.91 Å². The Kier molecular flexibility index (Phi) is 5.84. The number of aromatic carboxylic acids is 1. The van der Waals surface area contributed by atoms with Gasteiger partial charge >= 0.3 is 5.97 Å². The molecule has 0 aliphatic rings. The zero-order valence-electron chi connectivity index (χ0n) is 14.8. The summed E-state index contributed by atoms with van der Waals surface area (Å²) in [5.41, 5.74) is 3.63. The summed E-state index contributed by atoms with van der Waals surface area (Å²) in [6, 6.07) is 17.2. The number of thiophene rings is 1. The van der Waals surface area contributed by atoms with Gasteiger partial charge in [-0.05, 0) is 29.2 Å². The lowest BCUT2D eigenvalue weighted by Gasteiger charge is -2.05. The number of hydrogen-bond donors (Lipinski definition) is 2. The summed E-state index contributed by atoms with van der Waals surface area (Å²) in [5.74, 6) is -1.43. The van der Waals surface area contributed by atoms with Gasteiger partial charge in [-0.1, -0.05) is 61.5 Å². The first-order chi connectivity index (χ1) is 13.1.